The van der Waals surface area contributed by atoms with E-state index in [1.807, 2.05) is 18.2 Å². The zero-order chi connectivity index (χ0) is 38.4. The van der Waals surface area contributed by atoms with Crippen molar-refractivity contribution < 1.29 is 37.8 Å². The minimum Gasteiger partial charge on any atom is -0.444 e. The highest BCUT2D eigenvalue weighted by Gasteiger charge is 2.64. The molecule has 0 unspecified atom stereocenters. The highest BCUT2D eigenvalue weighted by Crippen LogP contribution is 2.51. The molecule has 1 aromatic carbocycles. The summed E-state index contributed by atoms with van der Waals surface area (Å²) in [6.45, 7) is 5.27. The number of benzene rings is 1. The number of aromatic nitrogens is 2. The number of amides is 5. The number of anilines is 1. The Bertz CT molecular complexity index is 1840. The van der Waals surface area contributed by atoms with E-state index in [4.69, 9.17) is 9.47 Å². The Morgan fingerprint density at radius 2 is 1.85 bits per heavy atom. The molecule has 2 aromatic rings. The highest BCUT2D eigenvalue weighted by molar-refractivity contribution is 6.04. The molecule has 5 aliphatic rings. The van der Waals surface area contributed by atoms with Gasteiger partial charge in [-0.05, 0) is 70.9 Å². The second-order valence-corrected chi connectivity index (χ2v) is 16.3. The van der Waals surface area contributed by atoms with Gasteiger partial charge >= 0.3 is 12.2 Å². The Morgan fingerprint density at radius 3 is 2.59 bits per heavy atom. The number of rotatable bonds is 5. The minimum absolute atomic E-state index is 0.0305. The van der Waals surface area contributed by atoms with Crippen LogP contribution in [0.3, 0.4) is 0 Å². The van der Waals surface area contributed by atoms with Crippen LogP contribution in [0, 0.1) is 11.7 Å². The summed E-state index contributed by atoms with van der Waals surface area (Å²) >= 11 is 0. The lowest BCUT2D eigenvalue weighted by Gasteiger charge is -2.34. The largest absolute Gasteiger partial charge is 0.444 e. The van der Waals surface area contributed by atoms with E-state index in [-0.39, 0.29) is 37.9 Å². The number of alkyl carbamates (subject to hydrolysis) is 1. The van der Waals surface area contributed by atoms with E-state index in [1.165, 1.54) is 20.8 Å². The molecule has 0 spiro atoms. The van der Waals surface area contributed by atoms with E-state index in [2.05, 4.69) is 20.8 Å². The van der Waals surface area contributed by atoms with Crippen LogP contribution in [0.2, 0.25) is 0 Å². The van der Waals surface area contributed by atoms with Crippen LogP contribution in [0.4, 0.5) is 19.8 Å². The van der Waals surface area contributed by atoms with E-state index in [0.29, 0.717) is 42.1 Å². The fourth-order valence-electron chi connectivity index (χ4n) is 7.99. The van der Waals surface area contributed by atoms with Crippen molar-refractivity contribution in [3.63, 3.8) is 0 Å². The van der Waals surface area contributed by atoms with Gasteiger partial charge in [0.2, 0.25) is 11.8 Å². The molecular formula is C39H50FN7O7. The number of nitrogens with one attached hydrogen (secondary N) is 3. The van der Waals surface area contributed by atoms with Gasteiger partial charge in [-0.1, -0.05) is 37.1 Å². The van der Waals surface area contributed by atoms with Crippen LogP contribution in [0.15, 0.2) is 36.4 Å². The molecule has 7 rings (SSSR count). The Kier molecular flexibility index (Phi) is 10.2. The lowest BCUT2D eigenvalue weighted by molar-refractivity contribution is -0.148. The number of carbonyl (C=O) groups excluding carboxylic acids is 5. The van der Waals surface area contributed by atoms with Gasteiger partial charge in [0.05, 0.1) is 13.1 Å². The number of nitrogens with zero attached hydrogens (tertiary/aromatic N) is 4. The topological polar surface area (TPSA) is 166 Å². The van der Waals surface area contributed by atoms with Crippen molar-refractivity contribution in [2.24, 2.45) is 5.92 Å². The average Bonchev–Trinajstić information content (AvgIpc) is 3.92. The smallest absolute Gasteiger partial charge is 0.410 e. The maximum Gasteiger partial charge on any atom is 0.410 e. The van der Waals surface area contributed by atoms with Gasteiger partial charge in [-0.15, -0.1) is 0 Å². The molecular weight excluding hydrogens is 697 g/mol. The van der Waals surface area contributed by atoms with E-state index in [1.54, 1.807) is 40.0 Å². The summed E-state index contributed by atoms with van der Waals surface area (Å²) in [5.41, 5.74) is 0.0161. The Labute approximate surface area is 314 Å². The van der Waals surface area contributed by atoms with Gasteiger partial charge < -0.3 is 29.9 Å². The molecule has 0 bridgehead atoms. The van der Waals surface area contributed by atoms with E-state index in [9.17, 15) is 28.4 Å². The van der Waals surface area contributed by atoms with Gasteiger partial charge in [0.25, 0.3) is 5.91 Å². The number of likely N-dealkylation sites (N-methyl/N-ethyl adjacent to an activating group) is 1. The monoisotopic (exact) mass is 747 g/mol. The molecule has 5 atom stereocenters. The van der Waals surface area contributed by atoms with Gasteiger partial charge in [-0.2, -0.15) is 5.10 Å². The number of hydrogen-bond donors (Lipinski definition) is 3. The van der Waals surface area contributed by atoms with Crippen LogP contribution in [0.5, 0.6) is 0 Å². The van der Waals surface area contributed by atoms with Crippen LogP contribution in [0.1, 0.15) is 101 Å². The number of allylic oxidation sites excluding steroid dienone is 1. The van der Waals surface area contributed by atoms with Crippen molar-refractivity contribution in [1.82, 2.24) is 30.2 Å². The molecule has 1 aromatic heterocycles. The Morgan fingerprint density at radius 1 is 1.06 bits per heavy atom. The predicted molar refractivity (Wildman–Crippen MR) is 194 cm³/mol. The molecule has 3 aliphatic heterocycles. The lowest BCUT2D eigenvalue weighted by atomic mass is 10.0. The van der Waals surface area contributed by atoms with Crippen LogP contribution in [-0.2, 0) is 36.9 Å². The molecule has 0 radical (unpaired) electrons. The van der Waals surface area contributed by atoms with E-state index >= 15 is 0 Å². The van der Waals surface area contributed by atoms with Crippen molar-refractivity contribution in [1.29, 1.82) is 0 Å². The summed E-state index contributed by atoms with van der Waals surface area (Å²) in [4.78, 5) is 74.0. The molecule has 2 aliphatic carbocycles. The number of halogens is 1. The standard InChI is InChI=1S/C39H50FN7O7/c1-38(2,3)54-36(51)41-29-14-9-7-5-6-8-12-25-19-39(25,35(50)42-32-18-30(43-44-32)23-15-16-23)45(4)34(49)31-17-26(21-47(31)33(29)48)53-37(52)46-20-24-11-10-13-28(40)27(24)22-46/h8,10-13,18,23,25-26,29,31H,5-7,9,14-17,19-22H2,1-4H3,(H,41,51)(H2,42,43,44,50)/b12-8-/t25-,26-,29+,31+,39-/m1/s1. The molecule has 54 heavy (non-hydrogen) atoms. The van der Waals surface area contributed by atoms with Crippen LogP contribution in [0.25, 0.3) is 0 Å². The maximum atomic E-state index is 14.7. The van der Waals surface area contributed by atoms with Gasteiger partial charge in [0.1, 0.15) is 35.1 Å². The molecule has 2 saturated carbocycles. The van der Waals surface area contributed by atoms with E-state index in [0.717, 1.165) is 37.8 Å². The first-order valence-corrected chi connectivity index (χ1v) is 19.1. The zero-order valence-electron chi connectivity index (χ0n) is 31.4. The summed E-state index contributed by atoms with van der Waals surface area (Å²) in [6.07, 6.45) is 7.47. The van der Waals surface area contributed by atoms with Crippen molar-refractivity contribution in [3.8, 4) is 0 Å². The normalized spacial score (nSPS) is 27.9. The lowest BCUT2D eigenvalue weighted by Crippen LogP contribution is -2.57. The van der Waals surface area contributed by atoms with Gasteiger partial charge in [-0.3, -0.25) is 24.4 Å². The summed E-state index contributed by atoms with van der Waals surface area (Å²) in [5, 5.41) is 13.0. The van der Waals surface area contributed by atoms with Gasteiger partial charge in [0.15, 0.2) is 5.82 Å². The molecule has 14 nitrogen and oxygen atoms in total. The predicted octanol–water partition coefficient (Wildman–Crippen LogP) is 5.12. The molecule has 3 N–H and O–H groups in total. The van der Waals surface area contributed by atoms with Gasteiger partial charge in [0, 0.05) is 49.2 Å². The summed E-state index contributed by atoms with van der Waals surface area (Å²) in [5.74, 6) is -1.26. The third-order valence-corrected chi connectivity index (χ3v) is 11.2. The first-order valence-electron chi connectivity index (χ1n) is 19.1. The van der Waals surface area contributed by atoms with Crippen molar-refractivity contribution >= 4 is 35.7 Å². The van der Waals surface area contributed by atoms with Crippen molar-refractivity contribution in [2.75, 3.05) is 18.9 Å². The number of carbonyl (C=O) groups is 5. The maximum absolute atomic E-state index is 14.7. The third-order valence-electron chi connectivity index (χ3n) is 11.2. The number of hydrogen-bond acceptors (Lipinski definition) is 8. The summed E-state index contributed by atoms with van der Waals surface area (Å²) in [7, 11) is 1.57. The number of aromatic amines is 1. The van der Waals surface area contributed by atoms with Crippen LogP contribution >= 0.6 is 0 Å². The highest BCUT2D eigenvalue weighted by atomic mass is 19.1. The summed E-state index contributed by atoms with van der Waals surface area (Å²) < 4.78 is 25.9. The molecule has 1 saturated heterocycles. The molecule has 5 amide bonds. The zero-order valence-corrected chi connectivity index (χ0v) is 31.4. The SMILES string of the molecule is CN1C(=O)[C@@H]2C[C@@H](OC(=O)N3Cc4cccc(F)c4C3)CN2C(=O)[C@@H](NC(=O)OC(C)(C)C)CCCCC/C=C\[C@@H]2C[C@]21C(=O)Nc1cc(C2CC2)[nH]n1. The van der Waals surface area contributed by atoms with Crippen molar-refractivity contribution in [3.05, 3.63) is 59.1 Å². The van der Waals surface area contributed by atoms with Crippen LogP contribution in [-0.4, -0.2) is 97.7 Å². The Hall–Kier alpha value is -4.95. The van der Waals surface area contributed by atoms with Gasteiger partial charge in [-0.25, -0.2) is 14.0 Å². The Balaban J connectivity index is 1.15. The number of H-pyrrole nitrogens is 1. The second-order valence-electron chi connectivity index (χ2n) is 16.3. The van der Waals surface area contributed by atoms with Crippen LogP contribution < -0.4 is 10.6 Å². The first-order chi connectivity index (χ1) is 25.7. The summed E-state index contributed by atoms with van der Waals surface area (Å²) in [6, 6.07) is 4.40. The average molecular weight is 748 g/mol. The fourth-order valence-corrected chi connectivity index (χ4v) is 7.99. The molecule has 290 valence electrons. The molecule has 4 heterocycles. The third kappa shape index (κ3) is 7.81. The van der Waals surface area contributed by atoms with E-state index < -0.39 is 59.1 Å². The second kappa shape index (κ2) is 14.7. The number of ether oxygens (including phenoxy) is 2. The first kappa shape index (κ1) is 37.4. The van der Waals surface area contributed by atoms with Crippen molar-refractivity contribution in [2.45, 2.75) is 127 Å². The fraction of sp³-hybridized carbons (Fsp3) is 0.590. The molecule has 3 fully saturated rings. The minimum atomic E-state index is -1.24. The molecule has 15 heteroatoms. The quantitative estimate of drug-likeness (QED) is 0.355. The number of fused-ring (bicyclic) bond motifs is 3.